The van der Waals surface area contributed by atoms with E-state index in [0.29, 0.717) is 12.1 Å². The van der Waals surface area contributed by atoms with Crippen LogP contribution in [0.1, 0.15) is 94.9 Å². The third-order valence-corrected chi connectivity index (χ3v) is 14.0. The van der Waals surface area contributed by atoms with Crippen LogP contribution in [0.2, 0.25) is 0 Å². The van der Waals surface area contributed by atoms with Crippen LogP contribution in [0.3, 0.4) is 0 Å². The fourth-order valence-electron chi connectivity index (χ4n) is 9.44. The highest BCUT2D eigenvalue weighted by atomic mass is 32.1. The zero-order valence-corrected chi connectivity index (χ0v) is 42.6. The number of aliphatic hydroxyl groups excluding tert-OH is 1. The quantitative estimate of drug-likeness (QED) is 0.0418. The molecule has 2 aliphatic heterocycles. The van der Waals surface area contributed by atoms with E-state index in [1.165, 1.54) is 18.7 Å². The van der Waals surface area contributed by atoms with Gasteiger partial charge in [0.25, 0.3) is 5.92 Å². The molecule has 4 N–H and O–H groups in total. The van der Waals surface area contributed by atoms with Crippen LogP contribution in [-0.2, 0) is 36.8 Å². The predicted molar refractivity (Wildman–Crippen MR) is 265 cm³/mol. The van der Waals surface area contributed by atoms with E-state index in [0.717, 1.165) is 50.3 Å². The average molecular weight is 1030 g/mol. The Labute approximate surface area is 420 Å². The van der Waals surface area contributed by atoms with E-state index >= 15 is 13.2 Å². The van der Waals surface area contributed by atoms with E-state index in [2.05, 4.69) is 20.6 Å². The van der Waals surface area contributed by atoms with Crippen LogP contribution in [-0.4, -0.2) is 125 Å². The minimum Gasteiger partial charge on any atom is -0.493 e. The number of rotatable bonds is 21. The zero-order valence-electron chi connectivity index (χ0n) is 41.8. The van der Waals surface area contributed by atoms with E-state index in [4.69, 9.17) is 14.2 Å². The Morgan fingerprint density at radius 3 is 2.29 bits per heavy atom. The standard InChI is InChI=1S/C53H65F5N6O7S/c1-31-22-38-37-10-8-9-11-41(37)61-45(38)46(64(31)29-52(6,7)56)44-39(54)24-36(25-40(44)55)71-19-17-53(57,58)16-18-69-20-21-70-28-43(66)62-48(51(3,4)5)50(68)63-27-35(65)23-42(63)49(67)59-26-33-12-14-34(15-13-33)47-32(2)60-30-72-47/h8-15,24-25,30-31,35,42,46,48,61,65H,16-23,26-29H2,1-7H3,(H,59,67)(H,62,66). The third-order valence-electron chi connectivity index (χ3n) is 13.1. The molecule has 5 unspecified atom stereocenters. The molecule has 0 bridgehead atoms. The van der Waals surface area contributed by atoms with Gasteiger partial charge in [0.1, 0.15) is 41.7 Å². The Kier molecular flexibility index (Phi) is 17.2. The molecule has 1 saturated heterocycles. The average Bonchev–Trinajstić information content (AvgIpc) is 4.03. The molecule has 13 nitrogen and oxygen atoms in total. The number of hydrogen-bond acceptors (Lipinski definition) is 10. The number of fused-ring (bicyclic) bond motifs is 3. The second kappa shape index (κ2) is 22.7. The molecule has 72 heavy (non-hydrogen) atoms. The first-order chi connectivity index (χ1) is 34.0. The molecule has 0 saturated carbocycles. The van der Waals surface area contributed by atoms with E-state index < -0.39 is 96.6 Å². The van der Waals surface area contributed by atoms with Crippen molar-refractivity contribution in [3.05, 3.63) is 106 Å². The highest BCUT2D eigenvalue weighted by Gasteiger charge is 2.45. The number of benzene rings is 3. The van der Waals surface area contributed by atoms with Gasteiger partial charge in [-0.1, -0.05) is 63.2 Å². The normalized spacial score (nSPS) is 19.1. The number of alkyl halides is 3. The van der Waals surface area contributed by atoms with Crippen LogP contribution in [0, 0.1) is 24.0 Å². The summed E-state index contributed by atoms with van der Waals surface area (Å²) in [7, 11) is 0. The topological polar surface area (TPSA) is 158 Å². The maximum atomic E-state index is 16.0. The summed E-state index contributed by atoms with van der Waals surface area (Å²) in [5, 5.41) is 17.0. The number of amides is 3. The summed E-state index contributed by atoms with van der Waals surface area (Å²) >= 11 is 1.54. The molecule has 3 aromatic carbocycles. The molecule has 7 rings (SSSR count). The van der Waals surface area contributed by atoms with E-state index in [-0.39, 0.29) is 63.2 Å². The smallest absolute Gasteiger partial charge is 0.253 e. The lowest BCUT2D eigenvalue weighted by Gasteiger charge is -2.43. The molecule has 19 heteroatoms. The predicted octanol–water partition coefficient (Wildman–Crippen LogP) is 8.60. The number of H-pyrrole nitrogens is 1. The molecule has 2 aliphatic rings. The fraction of sp³-hybridized carbons (Fsp3) is 0.509. The van der Waals surface area contributed by atoms with Crippen LogP contribution in [0.25, 0.3) is 21.3 Å². The number of aryl methyl sites for hydroxylation is 1. The van der Waals surface area contributed by atoms with Gasteiger partial charge >= 0.3 is 0 Å². The highest BCUT2D eigenvalue weighted by Crippen LogP contribution is 2.44. The van der Waals surface area contributed by atoms with Crippen molar-refractivity contribution in [1.29, 1.82) is 0 Å². The summed E-state index contributed by atoms with van der Waals surface area (Å²) in [6, 6.07) is 13.9. The van der Waals surface area contributed by atoms with E-state index in [9.17, 15) is 28.3 Å². The lowest BCUT2D eigenvalue weighted by molar-refractivity contribution is -0.144. The van der Waals surface area contributed by atoms with Gasteiger partial charge in [-0.05, 0) is 62.3 Å². The monoisotopic (exact) mass is 1020 g/mol. The number of halogens is 5. The van der Waals surface area contributed by atoms with Crippen molar-refractivity contribution in [2.45, 2.75) is 123 Å². The van der Waals surface area contributed by atoms with Crippen molar-refractivity contribution < 1.29 is 55.7 Å². The second-order valence-electron chi connectivity index (χ2n) is 20.5. The van der Waals surface area contributed by atoms with Crippen molar-refractivity contribution in [1.82, 2.24) is 30.4 Å². The largest absolute Gasteiger partial charge is 0.493 e. The number of hydrogen-bond donors (Lipinski definition) is 4. The molecule has 0 radical (unpaired) electrons. The molecule has 2 aromatic heterocycles. The molecule has 5 aromatic rings. The molecular weight excluding hydrogens is 960 g/mol. The molecule has 1 fully saturated rings. The number of para-hydroxylation sites is 1. The molecule has 3 amide bonds. The minimum atomic E-state index is -3.25. The van der Waals surface area contributed by atoms with Gasteiger partial charge in [-0.25, -0.2) is 26.9 Å². The van der Waals surface area contributed by atoms with Crippen LogP contribution in [0.15, 0.2) is 66.2 Å². The number of β-amino-alcohol motifs (C(OH)–C–C–N with tert-alkyl or cyclic N) is 1. The van der Waals surface area contributed by atoms with Crippen LogP contribution in [0.5, 0.6) is 5.75 Å². The lowest BCUT2D eigenvalue weighted by Crippen LogP contribution is -2.58. The Morgan fingerprint density at radius 2 is 1.62 bits per heavy atom. The number of aliphatic hydroxyl groups is 1. The van der Waals surface area contributed by atoms with Crippen molar-refractivity contribution in [3.8, 4) is 16.2 Å². The third kappa shape index (κ3) is 13.4. The molecular formula is C53H65F5N6O7S. The molecule has 4 heterocycles. The van der Waals surface area contributed by atoms with Crippen LogP contribution in [0.4, 0.5) is 22.0 Å². The first-order valence-corrected chi connectivity index (χ1v) is 25.1. The molecule has 0 aliphatic carbocycles. The van der Waals surface area contributed by atoms with Gasteiger partial charge in [-0.15, -0.1) is 11.3 Å². The number of aromatic nitrogens is 2. The fourth-order valence-corrected chi connectivity index (χ4v) is 10.2. The maximum Gasteiger partial charge on any atom is 0.253 e. The number of thiazole rings is 1. The number of nitrogens with one attached hydrogen (secondary N) is 3. The number of likely N-dealkylation sites (tertiary alicyclic amines) is 1. The van der Waals surface area contributed by atoms with E-state index in [1.54, 1.807) is 42.5 Å². The molecule has 390 valence electrons. The summed E-state index contributed by atoms with van der Waals surface area (Å²) in [5.74, 6) is -7.02. The Hall–Kier alpha value is -5.47. The summed E-state index contributed by atoms with van der Waals surface area (Å²) < 4.78 is 93.2. The number of ether oxygens (including phenoxy) is 3. The Balaban J connectivity index is 0.836. The zero-order chi connectivity index (χ0) is 52.1. The molecule has 5 atom stereocenters. The summed E-state index contributed by atoms with van der Waals surface area (Å²) in [5.41, 5.74) is 4.06. The first-order valence-electron chi connectivity index (χ1n) is 24.2. The summed E-state index contributed by atoms with van der Waals surface area (Å²) in [6.45, 7) is 10.3. The van der Waals surface area contributed by atoms with Gasteiger partial charge in [0.2, 0.25) is 17.7 Å². The van der Waals surface area contributed by atoms with Crippen molar-refractivity contribution in [2.75, 3.05) is 46.1 Å². The van der Waals surface area contributed by atoms with E-state index in [1.807, 2.05) is 62.4 Å². The van der Waals surface area contributed by atoms with Gasteiger partial charge in [-0.3, -0.25) is 19.3 Å². The van der Waals surface area contributed by atoms with Gasteiger partial charge in [0.15, 0.2) is 0 Å². The number of carbonyl (C=O) groups excluding carboxylic acids is 3. The highest BCUT2D eigenvalue weighted by molar-refractivity contribution is 7.13. The SMILES string of the molecule is Cc1ncsc1-c1ccc(CNC(=O)C2CC(O)CN2C(=O)C(NC(=O)COCCOCCC(F)(F)CCOc2cc(F)c(C3c4[nH]c5ccccc5c4CC(C)N3CC(C)(C)F)c(F)c2)C(C)(C)C)cc1. The van der Waals surface area contributed by atoms with Crippen molar-refractivity contribution in [2.24, 2.45) is 5.41 Å². The van der Waals surface area contributed by atoms with Crippen molar-refractivity contribution >= 4 is 40.0 Å². The van der Waals surface area contributed by atoms with Gasteiger partial charge in [0, 0.05) is 79.2 Å². The number of carbonyl (C=O) groups is 3. The Bertz CT molecular complexity index is 2660. The van der Waals surface area contributed by atoms with Gasteiger partial charge < -0.3 is 39.8 Å². The first kappa shape index (κ1) is 54.3. The van der Waals surface area contributed by atoms with Crippen LogP contribution >= 0.6 is 11.3 Å². The minimum absolute atomic E-state index is 0.0310. The molecule has 0 spiro atoms. The van der Waals surface area contributed by atoms with Crippen LogP contribution < -0.4 is 15.4 Å². The Morgan fingerprint density at radius 1 is 0.944 bits per heavy atom. The number of aromatic amines is 1. The van der Waals surface area contributed by atoms with Crippen molar-refractivity contribution in [3.63, 3.8) is 0 Å². The lowest BCUT2D eigenvalue weighted by atomic mass is 9.85. The summed E-state index contributed by atoms with van der Waals surface area (Å²) in [6.07, 6.45) is -1.83. The summed E-state index contributed by atoms with van der Waals surface area (Å²) in [4.78, 5) is 52.1. The van der Waals surface area contributed by atoms with Gasteiger partial charge in [0.05, 0.1) is 54.7 Å². The van der Waals surface area contributed by atoms with Gasteiger partial charge in [-0.2, -0.15) is 0 Å². The second-order valence-corrected chi connectivity index (χ2v) is 21.4. The number of nitrogens with zero attached hydrogens (tertiary/aromatic N) is 3. The maximum absolute atomic E-state index is 16.0.